The molecule has 0 aliphatic rings. The molecule has 4 nitrogen and oxygen atoms in total. The highest BCUT2D eigenvalue weighted by Crippen LogP contribution is 2.14. The highest BCUT2D eigenvalue weighted by atomic mass is 35.5. The van der Waals surface area contributed by atoms with Crippen molar-refractivity contribution in [3.8, 4) is 0 Å². The van der Waals surface area contributed by atoms with Gasteiger partial charge >= 0.3 is 5.97 Å². The Kier molecular flexibility index (Phi) is 4.45. The van der Waals surface area contributed by atoms with E-state index in [-0.39, 0.29) is 17.1 Å². The fourth-order valence-corrected chi connectivity index (χ4v) is 1.27. The first-order valence-electron chi connectivity index (χ1n) is 4.88. The van der Waals surface area contributed by atoms with Crippen LogP contribution in [0.1, 0.15) is 17.3 Å². The monoisotopic (exact) mass is 259 g/mol. The molecule has 1 aromatic carbocycles. The second kappa shape index (κ2) is 5.63. The van der Waals surface area contributed by atoms with Crippen LogP contribution in [-0.4, -0.2) is 23.5 Å². The Morgan fingerprint density at radius 2 is 2.18 bits per heavy atom. The third-order valence-corrected chi connectivity index (χ3v) is 2.40. The first-order valence-corrected chi connectivity index (χ1v) is 5.25. The maximum absolute atomic E-state index is 13.3. The summed E-state index contributed by atoms with van der Waals surface area (Å²) in [6.07, 6.45) is 0. The zero-order valence-electron chi connectivity index (χ0n) is 9.04. The first kappa shape index (κ1) is 13.4. The van der Waals surface area contributed by atoms with Gasteiger partial charge in [-0.1, -0.05) is 18.5 Å². The van der Waals surface area contributed by atoms with Crippen LogP contribution in [0.15, 0.2) is 18.2 Å². The van der Waals surface area contributed by atoms with Gasteiger partial charge in [0.25, 0.3) is 5.91 Å². The summed E-state index contributed by atoms with van der Waals surface area (Å²) >= 11 is 5.63. The first-order chi connectivity index (χ1) is 7.91. The minimum Gasteiger partial charge on any atom is -0.481 e. The van der Waals surface area contributed by atoms with Crippen LogP contribution in [-0.2, 0) is 4.79 Å². The van der Waals surface area contributed by atoms with Crippen molar-refractivity contribution in [1.29, 1.82) is 0 Å². The van der Waals surface area contributed by atoms with E-state index in [2.05, 4.69) is 5.32 Å². The number of carboxylic acid groups (broad SMARTS) is 1. The molecular weight excluding hydrogens is 249 g/mol. The molecule has 0 saturated heterocycles. The zero-order chi connectivity index (χ0) is 13.0. The second-order valence-corrected chi connectivity index (χ2v) is 4.01. The summed E-state index contributed by atoms with van der Waals surface area (Å²) in [5.41, 5.74) is -0.199. The van der Waals surface area contributed by atoms with E-state index in [1.54, 1.807) is 0 Å². The lowest BCUT2D eigenvalue weighted by Gasteiger charge is -2.09. The Morgan fingerprint density at radius 3 is 2.76 bits per heavy atom. The van der Waals surface area contributed by atoms with Gasteiger partial charge in [-0.05, 0) is 18.2 Å². The van der Waals surface area contributed by atoms with Crippen LogP contribution in [0.5, 0.6) is 0 Å². The Labute approximate surface area is 102 Å². The lowest BCUT2D eigenvalue weighted by molar-refractivity contribution is -0.140. The van der Waals surface area contributed by atoms with Crippen LogP contribution in [0.25, 0.3) is 0 Å². The van der Waals surface area contributed by atoms with Crippen molar-refractivity contribution in [2.75, 3.05) is 6.54 Å². The van der Waals surface area contributed by atoms with Crippen LogP contribution in [0.2, 0.25) is 5.02 Å². The van der Waals surface area contributed by atoms with E-state index in [4.69, 9.17) is 16.7 Å². The van der Waals surface area contributed by atoms with Crippen LogP contribution >= 0.6 is 11.6 Å². The molecule has 0 heterocycles. The van der Waals surface area contributed by atoms with Gasteiger partial charge in [-0.3, -0.25) is 9.59 Å². The van der Waals surface area contributed by atoms with Gasteiger partial charge in [-0.15, -0.1) is 0 Å². The number of halogens is 2. The van der Waals surface area contributed by atoms with Crippen molar-refractivity contribution in [1.82, 2.24) is 5.32 Å². The molecule has 1 amide bonds. The van der Waals surface area contributed by atoms with Crippen molar-refractivity contribution in [3.05, 3.63) is 34.6 Å². The summed E-state index contributed by atoms with van der Waals surface area (Å²) in [6.45, 7) is 1.37. The number of benzene rings is 1. The van der Waals surface area contributed by atoms with E-state index < -0.39 is 23.6 Å². The maximum atomic E-state index is 13.3. The molecule has 0 radical (unpaired) electrons. The van der Waals surface area contributed by atoms with Gasteiger partial charge in [0.15, 0.2) is 0 Å². The smallest absolute Gasteiger partial charge is 0.308 e. The van der Waals surface area contributed by atoms with E-state index in [0.29, 0.717) is 0 Å². The largest absolute Gasteiger partial charge is 0.481 e. The topological polar surface area (TPSA) is 66.4 Å². The van der Waals surface area contributed by atoms with Crippen LogP contribution < -0.4 is 5.32 Å². The number of hydrogen-bond acceptors (Lipinski definition) is 2. The van der Waals surface area contributed by atoms with Gasteiger partial charge in [-0.25, -0.2) is 4.39 Å². The second-order valence-electron chi connectivity index (χ2n) is 3.57. The SMILES string of the molecule is CC(CNC(=O)c1cc(Cl)ccc1F)C(=O)O. The molecule has 1 atom stereocenters. The lowest BCUT2D eigenvalue weighted by atomic mass is 10.1. The molecule has 0 spiro atoms. The molecule has 2 N–H and O–H groups in total. The minimum atomic E-state index is -1.03. The number of carbonyl (C=O) groups excluding carboxylic acids is 1. The fraction of sp³-hybridized carbons (Fsp3) is 0.273. The Bertz CT molecular complexity index is 450. The number of hydrogen-bond donors (Lipinski definition) is 2. The van der Waals surface area contributed by atoms with Crippen molar-refractivity contribution in [3.63, 3.8) is 0 Å². The number of carboxylic acids is 1. The van der Waals surface area contributed by atoms with Gasteiger partial charge in [0, 0.05) is 11.6 Å². The van der Waals surface area contributed by atoms with Gasteiger partial charge in [0.1, 0.15) is 5.82 Å². The van der Waals surface area contributed by atoms with Crippen molar-refractivity contribution < 1.29 is 19.1 Å². The summed E-state index contributed by atoms with van der Waals surface area (Å²) < 4.78 is 13.3. The summed E-state index contributed by atoms with van der Waals surface area (Å²) in [7, 11) is 0. The standard InChI is InChI=1S/C11H11ClFNO3/c1-6(11(16)17)5-14-10(15)8-4-7(12)2-3-9(8)13/h2-4,6H,5H2,1H3,(H,14,15)(H,16,17). The number of nitrogens with one attached hydrogen (secondary N) is 1. The molecule has 0 bridgehead atoms. The third kappa shape index (κ3) is 3.71. The quantitative estimate of drug-likeness (QED) is 0.868. The van der Waals surface area contributed by atoms with Gasteiger partial charge in [-0.2, -0.15) is 0 Å². The molecule has 0 aliphatic heterocycles. The molecule has 1 unspecified atom stereocenters. The van der Waals surface area contributed by atoms with Crippen molar-refractivity contribution in [2.24, 2.45) is 5.92 Å². The molecule has 1 rings (SSSR count). The molecule has 0 fully saturated rings. The number of carbonyl (C=O) groups is 2. The third-order valence-electron chi connectivity index (χ3n) is 2.16. The molecular formula is C11H11ClFNO3. The van der Waals surface area contributed by atoms with Gasteiger partial charge < -0.3 is 10.4 Å². The number of rotatable bonds is 4. The maximum Gasteiger partial charge on any atom is 0.308 e. The summed E-state index contributed by atoms with van der Waals surface area (Å²) in [6, 6.07) is 3.60. The number of amides is 1. The summed E-state index contributed by atoms with van der Waals surface area (Å²) in [5, 5.41) is 11.2. The molecule has 1 aromatic rings. The van der Waals surface area contributed by atoms with E-state index in [0.717, 1.165) is 6.07 Å². The predicted octanol–water partition coefficient (Wildman–Crippen LogP) is 1.93. The van der Waals surface area contributed by atoms with Crippen LogP contribution in [0.4, 0.5) is 4.39 Å². The van der Waals surface area contributed by atoms with E-state index >= 15 is 0 Å². The molecule has 0 aromatic heterocycles. The average Bonchev–Trinajstić information content (AvgIpc) is 2.28. The predicted molar refractivity (Wildman–Crippen MR) is 60.5 cm³/mol. The molecule has 92 valence electrons. The van der Waals surface area contributed by atoms with E-state index in [1.165, 1.54) is 19.1 Å². The molecule has 17 heavy (non-hydrogen) atoms. The highest BCUT2D eigenvalue weighted by Gasteiger charge is 2.15. The average molecular weight is 260 g/mol. The van der Waals surface area contributed by atoms with E-state index in [9.17, 15) is 14.0 Å². The Hall–Kier alpha value is -1.62. The van der Waals surface area contributed by atoms with Crippen molar-refractivity contribution in [2.45, 2.75) is 6.92 Å². The van der Waals surface area contributed by atoms with Crippen molar-refractivity contribution >= 4 is 23.5 Å². The summed E-state index contributed by atoms with van der Waals surface area (Å²) in [4.78, 5) is 22.1. The molecule has 0 aliphatic carbocycles. The zero-order valence-corrected chi connectivity index (χ0v) is 9.79. The Balaban J connectivity index is 2.70. The normalized spacial score (nSPS) is 11.9. The minimum absolute atomic E-state index is 0.0693. The molecule has 6 heteroatoms. The molecule has 0 saturated carbocycles. The number of aliphatic carboxylic acids is 1. The highest BCUT2D eigenvalue weighted by molar-refractivity contribution is 6.31. The Morgan fingerprint density at radius 1 is 1.53 bits per heavy atom. The van der Waals surface area contributed by atoms with E-state index in [1.807, 2.05) is 0 Å². The van der Waals surface area contributed by atoms with Crippen LogP contribution in [0, 0.1) is 11.7 Å². The van der Waals surface area contributed by atoms with Gasteiger partial charge in [0.05, 0.1) is 11.5 Å². The fourth-order valence-electron chi connectivity index (χ4n) is 1.10. The summed E-state index contributed by atoms with van der Waals surface area (Å²) in [5.74, 6) is -3.15. The van der Waals surface area contributed by atoms with Gasteiger partial charge in [0.2, 0.25) is 0 Å². The lowest BCUT2D eigenvalue weighted by Crippen LogP contribution is -2.31. The van der Waals surface area contributed by atoms with Crippen LogP contribution in [0.3, 0.4) is 0 Å².